The second-order valence-corrected chi connectivity index (χ2v) is 5.99. The number of likely N-dealkylation sites (tertiary alicyclic amines) is 1. The number of nitrogens with one attached hydrogen (secondary N) is 1. The van der Waals surface area contributed by atoms with E-state index in [1.807, 2.05) is 0 Å². The quantitative estimate of drug-likeness (QED) is 0.824. The van der Waals surface area contributed by atoms with Crippen LogP contribution >= 0.6 is 0 Å². The van der Waals surface area contributed by atoms with E-state index in [-0.39, 0.29) is 37.1 Å². The third-order valence-corrected chi connectivity index (χ3v) is 4.46. The summed E-state index contributed by atoms with van der Waals surface area (Å²) in [5.41, 5.74) is -1.35. The van der Waals surface area contributed by atoms with Gasteiger partial charge in [0, 0.05) is 19.1 Å². The molecule has 0 unspecified atom stereocenters. The molecule has 134 valence electrons. The van der Waals surface area contributed by atoms with Crippen molar-refractivity contribution in [3.8, 4) is 0 Å². The summed E-state index contributed by atoms with van der Waals surface area (Å²) in [4.78, 5) is 38.3. The molecule has 0 aliphatic carbocycles. The van der Waals surface area contributed by atoms with E-state index in [0.717, 1.165) is 17.0 Å². The number of piperidine rings is 1. The molecule has 3 rings (SSSR count). The minimum atomic E-state index is -4.61. The monoisotopic (exact) mass is 355 g/mol. The maximum absolute atomic E-state index is 13.1. The highest BCUT2D eigenvalue weighted by molar-refractivity contribution is 6.02. The molecule has 4 amide bonds. The Kier molecular flexibility index (Phi) is 4.40. The van der Waals surface area contributed by atoms with E-state index in [9.17, 15) is 27.6 Å². The molecule has 0 spiro atoms. The lowest BCUT2D eigenvalue weighted by molar-refractivity contribution is -0.138. The van der Waals surface area contributed by atoms with Gasteiger partial charge in [-0.1, -0.05) is 12.1 Å². The van der Waals surface area contributed by atoms with Crippen molar-refractivity contribution in [2.45, 2.75) is 25.1 Å². The third-order valence-electron chi connectivity index (χ3n) is 4.46. The number of hydrogen-bond acceptors (Lipinski definition) is 3. The lowest BCUT2D eigenvalue weighted by Gasteiger charge is -2.35. The van der Waals surface area contributed by atoms with Crippen LogP contribution in [0.4, 0.5) is 18.0 Å². The minimum absolute atomic E-state index is 0.0447. The molecule has 0 atom stereocenters. The van der Waals surface area contributed by atoms with Crippen molar-refractivity contribution < 1.29 is 27.6 Å². The first kappa shape index (κ1) is 17.2. The Labute approximate surface area is 141 Å². The van der Waals surface area contributed by atoms with Crippen molar-refractivity contribution in [2.75, 3.05) is 19.6 Å². The molecular formula is C16H16F3N3O3. The lowest BCUT2D eigenvalue weighted by atomic mass is 10.0. The Bertz CT molecular complexity index is 696. The van der Waals surface area contributed by atoms with Crippen molar-refractivity contribution >= 4 is 17.8 Å². The minimum Gasteiger partial charge on any atom is -0.338 e. The van der Waals surface area contributed by atoms with E-state index >= 15 is 0 Å². The Hall–Kier alpha value is -2.58. The van der Waals surface area contributed by atoms with Crippen LogP contribution in [-0.4, -0.2) is 53.3 Å². The van der Waals surface area contributed by atoms with Gasteiger partial charge in [-0.2, -0.15) is 13.2 Å². The van der Waals surface area contributed by atoms with E-state index in [1.165, 1.54) is 17.0 Å². The highest BCUT2D eigenvalue weighted by Gasteiger charge is 2.39. The fourth-order valence-corrected chi connectivity index (χ4v) is 3.22. The summed E-state index contributed by atoms with van der Waals surface area (Å²) in [6.07, 6.45) is -3.91. The third kappa shape index (κ3) is 3.31. The zero-order valence-corrected chi connectivity index (χ0v) is 13.2. The fraction of sp³-hybridized carbons (Fsp3) is 0.438. The van der Waals surface area contributed by atoms with E-state index in [4.69, 9.17) is 0 Å². The van der Waals surface area contributed by atoms with Gasteiger partial charge in [-0.05, 0) is 25.0 Å². The first-order chi connectivity index (χ1) is 11.8. The second-order valence-electron chi connectivity index (χ2n) is 5.99. The average Bonchev–Trinajstić information content (AvgIpc) is 2.92. The summed E-state index contributed by atoms with van der Waals surface area (Å²) in [5, 5.41) is 2.43. The van der Waals surface area contributed by atoms with E-state index in [1.54, 1.807) is 0 Å². The van der Waals surface area contributed by atoms with Gasteiger partial charge in [0.05, 0.1) is 17.7 Å². The highest BCUT2D eigenvalue weighted by atomic mass is 19.4. The molecular weight excluding hydrogens is 339 g/mol. The molecule has 0 bridgehead atoms. The topological polar surface area (TPSA) is 69.7 Å². The molecule has 1 aromatic carbocycles. The summed E-state index contributed by atoms with van der Waals surface area (Å²) < 4.78 is 39.2. The number of hydrogen-bond donors (Lipinski definition) is 1. The van der Waals surface area contributed by atoms with Gasteiger partial charge in [0.25, 0.3) is 5.91 Å². The van der Waals surface area contributed by atoms with Crippen LogP contribution in [0, 0.1) is 0 Å². The molecule has 9 heteroatoms. The second kappa shape index (κ2) is 6.38. The number of alkyl halides is 3. The largest absolute Gasteiger partial charge is 0.417 e. The zero-order chi connectivity index (χ0) is 18.2. The van der Waals surface area contributed by atoms with Crippen molar-refractivity contribution in [1.29, 1.82) is 0 Å². The number of nitrogens with zero attached hydrogens (tertiary/aromatic N) is 2. The van der Waals surface area contributed by atoms with Crippen molar-refractivity contribution in [3.63, 3.8) is 0 Å². The van der Waals surface area contributed by atoms with Crippen LogP contribution in [0.15, 0.2) is 24.3 Å². The number of rotatable bonds is 2. The Balaban J connectivity index is 1.71. The van der Waals surface area contributed by atoms with E-state index < -0.39 is 23.7 Å². The smallest absolute Gasteiger partial charge is 0.338 e. The fourth-order valence-electron chi connectivity index (χ4n) is 3.22. The molecule has 0 saturated carbocycles. The normalized spacial score (nSPS) is 19.3. The number of urea groups is 1. The van der Waals surface area contributed by atoms with Gasteiger partial charge in [0.2, 0.25) is 5.91 Å². The molecule has 6 nitrogen and oxygen atoms in total. The summed E-state index contributed by atoms with van der Waals surface area (Å²) in [5.74, 6) is -1.01. The molecule has 2 aliphatic heterocycles. The molecule has 0 aromatic heterocycles. The molecule has 0 radical (unpaired) electrons. The van der Waals surface area contributed by atoms with Crippen LogP contribution in [0.5, 0.6) is 0 Å². The molecule has 25 heavy (non-hydrogen) atoms. The Morgan fingerprint density at radius 1 is 1.12 bits per heavy atom. The van der Waals surface area contributed by atoms with Crippen molar-refractivity contribution in [2.24, 2.45) is 0 Å². The SMILES string of the molecule is O=C(c1ccccc1C(F)(F)F)N1CCC(N2C(=O)CNC2=O)CC1. The van der Waals surface area contributed by atoms with Gasteiger partial charge in [-0.3, -0.25) is 14.5 Å². The zero-order valence-electron chi connectivity index (χ0n) is 13.2. The van der Waals surface area contributed by atoms with Crippen LogP contribution in [-0.2, 0) is 11.0 Å². The standard InChI is InChI=1S/C16H16F3N3O3/c17-16(18,19)12-4-2-1-3-11(12)14(24)21-7-5-10(6-8-21)22-13(23)9-20-15(22)25/h1-4,10H,5-9H2,(H,20,25). The first-order valence-electron chi connectivity index (χ1n) is 7.84. The van der Waals surface area contributed by atoms with Gasteiger partial charge < -0.3 is 10.2 Å². The van der Waals surface area contributed by atoms with Crippen molar-refractivity contribution in [1.82, 2.24) is 15.1 Å². The number of imide groups is 1. The predicted molar refractivity (Wildman–Crippen MR) is 80.6 cm³/mol. The van der Waals surface area contributed by atoms with E-state index in [0.29, 0.717) is 12.8 Å². The van der Waals surface area contributed by atoms with Crippen LogP contribution in [0.25, 0.3) is 0 Å². The summed E-state index contributed by atoms with van der Waals surface area (Å²) in [7, 11) is 0. The maximum atomic E-state index is 13.1. The summed E-state index contributed by atoms with van der Waals surface area (Å²) >= 11 is 0. The highest BCUT2D eigenvalue weighted by Crippen LogP contribution is 2.33. The predicted octanol–water partition coefficient (Wildman–Crippen LogP) is 1.86. The van der Waals surface area contributed by atoms with Gasteiger partial charge in [0.15, 0.2) is 0 Å². The van der Waals surface area contributed by atoms with Gasteiger partial charge >= 0.3 is 12.2 Å². The Morgan fingerprint density at radius 2 is 1.76 bits per heavy atom. The number of carbonyl (C=O) groups excluding carboxylic acids is 3. The van der Waals surface area contributed by atoms with Crippen molar-refractivity contribution in [3.05, 3.63) is 35.4 Å². The van der Waals surface area contributed by atoms with Gasteiger partial charge in [-0.25, -0.2) is 4.79 Å². The Morgan fingerprint density at radius 3 is 2.32 bits per heavy atom. The molecule has 2 fully saturated rings. The molecule has 2 heterocycles. The van der Waals surface area contributed by atoms with Crippen LogP contribution < -0.4 is 5.32 Å². The maximum Gasteiger partial charge on any atom is 0.417 e. The van der Waals surface area contributed by atoms with Crippen LogP contribution in [0.1, 0.15) is 28.8 Å². The van der Waals surface area contributed by atoms with Gasteiger partial charge in [0.1, 0.15) is 0 Å². The molecule has 2 aliphatic rings. The number of carbonyl (C=O) groups is 3. The molecule has 1 N–H and O–H groups in total. The lowest BCUT2D eigenvalue weighted by Crippen LogP contribution is -2.49. The molecule has 2 saturated heterocycles. The first-order valence-corrected chi connectivity index (χ1v) is 7.84. The number of halogens is 3. The number of benzene rings is 1. The van der Waals surface area contributed by atoms with Gasteiger partial charge in [-0.15, -0.1) is 0 Å². The summed E-state index contributed by atoms with van der Waals surface area (Å²) in [6, 6.07) is 3.88. The number of amides is 4. The summed E-state index contributed by atoms with van der Waals surface area (Å²) in [6.45, 7) is 0.330. The molecule has 1 aromatic rings. The van der Waals surface area contributed by atoms with Crippen LogP contribution in [0.3, 0.4) is 0 Å². The average molecular weight is 355 g/mol. The van der Waals surface area contributed by atoms with E-state index in [2.05, 4.69) is 5.32 Å². The van der Waals surface area contributed by atoms with Crippen LogP contribution in [0.2, 0.25) is 0 Å².